The number of likely N-dealkylation sites (tertiary alicyclic amines) is 1. The van der Waals surface area contributed by atoms with Crippen molar-refractivity contribution in [3.05, 3.63) is 35.4 Å². The molecule has 3 rings (SSSR count). The Morgan fingerprint density at radius 3 is 2.23 bits per heavy atom. The summed E-state index contributed by atoms with van der Waals surface area (Å²) >= 11 is 0. The Morgan fingerprint density at radius 2 is 1.61 bits per heavy atom. The van der Waals surface area contributed by atoms with Crippen molar-refractivity contribution in [1.82, 2.24) is 20.9 Å². The zero-order valence-electron chi connectivity index (χ0n) is 19.2. The van der Waals surface area contributed by atoms with Crippen LogP contribution in [0.2, 0.25) is 0 Å². The van der Waals surface area contributed by atoms with Gasteiger partial charge in [-0.25, -0.2) is 0 Å². The van der Waals surface area contributed by atoms with E-state index in [0.717, 1.165) is 18.1 Å². The maximum absolute atomic E-state index is 11.9. The van der Waals surface area contributed by atoms with Gasteiger partial charge in [0.15, 0.2) is 5.96 Å². The highest BCUT2D eigenvalue weighted by atomic mass is 127. The van der Waals surface area contributed by atoms with Gasteiger partial charge in [0.2, 0.25) is 0 Å². The third-order valence-electron chi connectivity index (χ3n) is 6.63. The minimum Gasteiger partial charge on any atom is -0.355 e. The van der Waals surface area contributed by atoms with Gasteiger partial charge in [0.1, 0.15) is 0 Å². The number of benzene rings is 1. The van der Waals surface area contributed by atoms with Crippen LogP contribution < -0.4 is 16.0 Å². The Balaban J connectivity index is 0.00000341. The minimum absolute atomic E-state index is 0. The summed E-state index contributed by atoms with van der Waals surface area (Å²) in [6.07, 6.45) is 10.7. The van der Waals surface area contributed by atoms with Gasteiger partial charge in [-0.05, 0) is 63.4 Å². The topological polar surface area (TPSA) is 68.8 Å². The molecular weight excluding hydrogens is 501 g/mol. The third kappa shape index (κ3) is 7.34. The summed E-state index contributed by atoms with van der Waals surface area (Å²) in [7, 11) is 1.84. The Bertz CT molecular complexity index is 694. The van der Waals surface area contributed by atoms with Crippen molar-refractivity contribution in [2.45, 2.75) is 70.4 Å². The van der Waals surface area contributed by atoms with Crippen molar-refractivity contribution < 1.29 is 4.79 Å². The Kier molecular flexibility index (Phi) is 11.1. The number of rotatable bonds is 7. The molecule has 31 heavy (non-hydrogen) atoms. The van der Waals surface area contributed by atoms with E-state index < -0.39 is 0 Å². The van der Waals surface area contributed by atoms with Crippen LogP contribution in [0.5, 0.6) is 0 Å². The number of aliphatic imine (C=N–C) groups is 1. The van der Waals surface area contributed by atoms with Crippen LogP contribution in [0.15, 0.2) is 29.3 Å². The lowest BCUT2D eigenvalue weighted by molar-refractivity contribution is 0.0368. The van der Waals surface area contributed by atoms with E-state index in [1.54, 1.807) is 0 Å². The van der Waals surface area contributed by atoms with Gasteiger partial charge in [-0.15, -0.1) is 24.0 Å². The SMILES string of the molecule is CCNC(=O)c1ccc(CNC(=NC)NCC2(N3CCCCC3)CCCCC2)cc1.I. The number of carbonyl (C=O) groups excluding carboxylic acids is 1. The van der Waals surface area contributed by atoms with E-state index in [1.165, 1.54) is 64.5 Å². The molecule has 1 amide bonds. The van der Waals surface area contributed by atoms with Crippen LogP contribution in [0, 0.1) is 0 Å². The molecule has 0 atom stereocenters. The van der Waals surface area contributed by atoms with Gasteiger partial charge >= 0.3 is 0 Å². The molecule has 1 aromatic carbocycles. The fourth-order valence-electron chi connectivity index (χ4n) is 4.87. The minimum atomic E-state index is -0.0232. The van der Waals surface area contributed by atoms with E-state index in [9.17, 15) is 4.79 Å². The number of amides is 1. The van der Waals surface area contributed by atoms with Gasteiger partial charge in [0.25, 0.3) is 5.91 Å². The molecule has 174 valence electrons. The monoisotopic (exact) mass is 541 g/mol. The first-order valence-electron chi connectivity index (χ1n) is 11.7. The molecule has 0 spiro atoms. The third-order valence-corrected chi connectivity index (χ3v) is 6.63. The number of hydrogen-bond acceptors (Lipinski definition) is 3. The van der Waals surface area contributed by atoms with Gasteiger partial charge < -0.3 is 16.0 Å². The fourth-order valence-corrected chi connectivity index (χ4v) is 4.87. The van der Waals surface area contributed by atoms with E-state index in [4.69, 9.17) is 0 Å². The highest BCUT2D eigenvalue weighted by molar-refractivity contribution is 14.0. The molecule has 1 aliphatic heterocycles. The molecule has 2 aliphatic rings. The molecule has 0 aromatic heterocycles. The number of halogens is 1. The van der Waals surface area contributed by atoms with Gasteiger partial charge in [-0.1, -0.05) is 37.8 Å². The number of nitrogens with zero attached hydrogens (tertiary/aromatic N) is 2. The molecule has 1 aliphatic carbocycles. The van der Waals surface area contributed by atoms with Crippen LogP contribution in [-0.2, 0) is 6.54 Å². The first-order chi connectivity index (χ1) is 14.7. The standard InChI is InChI=1S/C24H39N5O.HI/c1-3-26-22(30)21-12-10-20(11-13-21)18-27-23(25-2)28-19-24(14-6-4-7-15-24)29-16-8-5-9-17-29;/h10-13H,3-9,14-19H2,1-2H3,(H,26,30)(H2,25,27,28);1H. The molecule has 3 N–H and O–H groups in total. The normalized spacial score (nSPS) is 19.2. The largest absolute Gasteiger partial charge is 0.355 e. The summed E-state index contributed by atoms with van der Waals surface area (Å²) in [5.41, 5.74) is 2.11. The van der Waals surface area contributed by atoms with Gasteiger partial charge in [0.05, 0.1) is 0 Å². The average Bonchev–Trinajstić information content (AvgIpc) is 2.81. The molecule has 0 bridgehead atoms. The van der Waals surface area contributed by atoms with E-state index in [0.29, 0.717) is 18.7 Å². The van der Waals surface area contributed by atoms with Crippen LogP contribution in [0.1, 0.15) is 74.2 Å². The van der Waals surface area contributed by atoms with Crippen molar-refractivity contribution in [1.29, 1.82) is 0 Å². The van der Waals surface area contributed by atoms with E-state index in [-0.39, 0.29) is 35.4 Å². The van der Waals surface area contributed by atoms with Crippen LogP contribution in [0.25, 0.3) is 0 Å². The lowest BCUT2D eigenvalue weighted by atomic mass is 9.79. The van der Waals surface area contributed by atoms with Crippen molar-refractivity contribution in [3.63, 3.8) is 0 Å². The second kappa shape index (κ2) is 13.3. The second-order valence-corrected chi connectivity index (χ2v) is 8.67. The van der Waals surface area contributed by atoms with Crippen LogP contribution in [0.4, 0.5) is 0 Å². The van der Waals surface area contributed by atoms with Crippen molar-refractivity contribution in [2.75, 3.05) is 33.2 Å². The van der Waals surface area contributed by atoms with Crippen LogP contribution in [-0.4, -0.2) is 55.5 Å². The van der Waals surface area contributed by atoms with E-state index >= 15 is 0 Å². The first-order valence-corrected chi connectivity index (χ1v) is 11.7. The molecule has 1 saturated carbocycles. The second-order valence-electron chi connectivity index (χ2n) is 8.67. The van der Waals surface area contributed by atoms with Gasteiger partial charge in [0, 0.05) is 37.8 Å². The van der Waals surface area contributed by atoms with Crippen molar-refractivity contribution in [2.24, 2.45) is 4.99 Å². The number of carbonyl (C=O) groups is 1. The molecule has 2 fully saturated rings. The molecule has 1 aromatic rings. The first kappa shape index (κ1) is 25.9. The summed E-state index contributed by atoms with van der Waals surface area (Å²) in [5, 5.41) is 9.90. The number of guanidine groups is 1. The van der Waals surface area contributed by atoms with Gasteiger partial charge in [-0.2, -0.15) is 0 Å². The molecule has 1 saturated heterocycles. The highest BCUT2D eigenvalue weighted by Crippen LogP contribution is 2.35. The zero-order valence-corrected chi connectivity index (χ0v) is 21.5. The van der Waals surface area contributed by atoms with Crippen LogP contribution >= 0.6 is 24.0 Å². The maximum atomic E-state index is 11.9. The fraction of sp³-hybridized carbons (Fsp3) is 0.667. The maximum Gasteiger partial charge on any atom is 0.251 e. The predicted octanol–water partition coefficient (Wildman–Crippen LogP) is 3.91. The molecule has 0 unspecified atom stereocenters. The summed E-state index contributed by atoms with van der Waals surface area (Å²) in [5.74, 6) is 0.828. The summed E-state index contributed by atoms with van der Waals surface area (Å²) in [6.45, 7) is 6.70. The smallest absolute Gasteiger partial charge is 0.251 e. The number of piperidine rings is 1. The Morgan fingerprint density at radius 1 is 0.968 bits per heavy atom. The predicted molar refractivity (Wildman–Crippen MR) is 139 cm³/mol. The Labute approximate surface area is 205 Å². The number of nitrogens with one attached hydrogen (secondary N) is 3. The van der Waals surface area contributed by atoms with E-state index in [1.807, 2.05) is 38.2 Å². The molecular formula is C24H40IN5O. The van der Waals surface area contributed by atoms with Crippen molar-refractivity contribution >= 4 is 35.8 Å². The van der Waals surface area contributed by atoms with E-state index in [2.05, 4.69) is 25.8 Å². The van der Waals surface area contributed by atoms with Gasteiger partial charge in [-0.3, -0.25) is 14.7 Å². The molecule has 1 heterocycles. The lowest BCUT2D eigenvalue weighted by Crippen LogP contribution is -2.59. The summed E-state index contributed by atoms with van der Waals surface area (Å²) < 4.78 is 0. The lowest BCUT2D eigenvalue weighted by Gasteiger charge is -2.48. The zero-order chi connectivity index (χ0) is 21.2. The van der Waals surface area contributed by atoms with Crippen molar-refractivity contribution in [3.8, 4) is 0 Å². The molecule has 7 heteroatoms. The summed E-state index contributed by atoms with van der Waals surface area (Å²) in [6, 6.07) is 7.76. The molecule has 6 nitrogen and oxygen atoms in total. The average molecular weight is 542 g/mol. The number of hydrogen-bond donors (Lipinski definition) is 3. The molecule has 0 radical (unpaired) electrons. The Hall–Kier alpha value is -1.35. The summed E-state index contributed by atoms with van der Waals surface area (Å²) in [4.78, 5) is 19.1. The highest BCUT2D eigenvalue weighted by Gasteiger charge is 2.38. The van der Waals surface area contributed by atoms with Crippen LogP contribution in [0.3, 0.4) is 0 Å². The quantitative estimate of drug-likeness (QED) is 0.278.